The lowest BCUT2D eigenvalue weighted by Crippen LogP contribution is -2.30. The summed E-state index contributed by atoms with van der Waals surface area (Å²) in [7, 11) is 2.01. The molecule has 1 aromatic heterocycles. The van der Waals surface area contributed by atoms with E-state index >= 15 is 0 Å². The van der Waals surface area contributed by atoms with Crippen LogP contribution in [-0.4, -0.2) is 27.4 Å². The average Bonchev–Trinajstić information content (AvgIpc) is 2.66. The van der Waals surface area contributed by atoms with Crippen LogP contribution in [0.25, 0.3) is 0 Å². The fraction of sp³-hybridized carbons (Fsp3) is 0.857. The lowest BCUT2D eigenvalue weighted by molar-refractivity contribution is 0.425. The normalized spacial score (nSPS) is 25.0. The Hall–Kier alpha value is -0.900. The number of nitrogens with one attached hydrogen (secondary N) is 1. The quantitative estimate of drug-likeness (QED) is 0.815. The molecular formula is C14H26N4. The molecule has 1 aromatic rings. The minimum absolute atomic E-state index is 0.717. The zero-order valence-electron chi connectivity index (χ0n) is 11.7. The van der Waals surface area contributed by atoms with Crippen molar-refractivity contribution in [2.75, 3.05) is 6.54 Å². The van der Waals surface area contributed by atoms with E-state index in [2.05, 4.69) is 22.4 Å². The Bertz CT molecular complexity index is 347. The fourth-order valence-corrected chi connectivity index (χ4v) is 2.91. The lowest BCUT2D eigenvalue weighted by Gasteiger charge is -2.16. The molecule has 2 atom stereocenters. The zero-order valence-corrected chi connectivity index (χ0v) is 11.7. The van der Waals surface area contributed by atoms with Gasteiger partial charge < -0.3 is 9.88 Å². The van der Waals surface area contributed by atoms with E-state index in [4.69, 9.17) is 0 Å². The summed E-state index contributed by atoms with van der Waals surface area (Å²) < 4.78 is 2.00. The standard InChI is InChI=1S/C14H26N4/c1-3-12-5-4-6-13(8-7-12)15-10-9-14-17-16-11-18(14)2/h11-13,15H,3-10H2,1-2H3. The molecule has 2 unspecified atom stereocenters. The maximum absolute atomic E-state index is 4.12. The van der Waals surface area contributed by atoms with Crippen LogP contribution in [0.1, 0.15) is 51.3 Å². The van der Waals surface area contributed by atoms with Crippen molar-refractivity contribution in [1.82, 2.24) is 20.1 Å². The van der Waals surface area contributed by atoms with Crippen LogP contribution in [0.4, 0.5) is 0 Å². The number of rotatable bonds is 5. The highest BCUT2D eigenvalue weighted by Crippen LogP contribution is 2.25. The SMILES string of the molecule is CCC1CCCC(NCCc2nncn2C)CC1. The first-order chi connectivity index (χ1) is 8.79. The third-order valence-corrected chi connectivity index (χ3v) is 4.25. The molecule has 4 heteroatoms. The maximum atomic E-state index is 4.12. The van der Waals surface area contributed by atoms with Crippen LogP contribution in [0.2, 0.25) is 0 Å². The highest BCUT2D eigenvalue weighted by atomic mass is 15.2. The molecule has 0 bridgehead atoms. The fourth-order valence-electron chi connectivity index (χ4n) is 2.91. The monoisotopic (exact) mass is 250 g/mol. The first-order valence-electron chi connectivity index (χ1n) is 7.35. The summed E-state index contributed by atoms with van der Waals surface area (Å²) in [4.78, 5) is 0. The van der Waals surface area contributed by atoms with E-state index in [9.17, 15) is 0 Å². The molecule has 1 N–H and O–H groups in total. The maximum Gasteiger partial charge on any atom is 0.133 e. The zero-order chi connectivity index (χ0) is 12.8. The molecule has 0 aliphatic heterocycles. The van der Waals surface area contributed by atoms with E-state index in [0.29, 0.717) is 0 Å². The van der Waals surface area contributed by atoms with Gasteiger partial charge in [0.1, 0.15) is 12.2 Å². The van der Waals surface area contributed by atoms with Crippen LogP contribution >= 0.6 is 0 Å². The Morgan fingerprint density at radius 1 is 1.33 bits per heavy atom. The van der Waals surface area contributed by atoms with Crippen molar-refractivity contribution in [1.29, 1.82) is 0 Å². The van der Waals surface area contributed by atoms with Crippen molar-refractivity contribution in [2.24, 2.45) is 13.0 Å². The van der Waals surface area contributed by atoms with E-state index in [-0.39, 0.29) is 0 Å². The van der Waals surface area contributed by atoms with Gasteiger partial charge in [-0.3, -0.25) is 0 Å². The topological polar surface area (TPSA) is 42.7 Å². The molecule has 102 valence electrons. The number of aromatic nitrogens is 3. The second-order valence-electron chi connectivity index (χ2n) is 5.54. The van der Waals surface area contributed by atoms with E-state index in [1.807, 2.05) is 11.6 Å². The van der Waals surface area contributed by atoms with Gasteiger partial charge >= 0.3 is 0 Å². The third-order valence-electron chi connectivity index (χ3n) is 4.25. The summed E-state index contributed by atoms with van der Waals surface area (Å²) in [6.45, 7) is 3.35. The summed E-state index contributed by atoms with van der Waals surface area (Å²) in [5.74, 6) is 2.04. The lowest BCUT2D eigenvalue weighted by atomic mass is 9.98. The van der Waals surface area contributed by atoms with Crippen molar-refractivity contribution < 1.29 is 0 Å². The Labute approximate surface area is 110 Å². The van der Waals surface area contributed by atoms with Crippen LogP contribution in [0, 0.1) is 5.92 Å². The molecule has 0 aromatic carbocycles. The predicted octanol–water partition coefficient (Wildman–Crippen LogP) is 2.31. The molecule has 1 aliphatic rings. The summed E-state index contributed by atoms with van der Waals surface area (Å²) in [5.41, 5.74) is 0. The van der Waals surface area contributed by atoms with Crippen molar-refractivity contribution in [2.45, 2.75) is 57.9 Å². The first-order valence-corrected chi connectivity index (χ1v) is 7.35. The summed E-state index contributed by atoms with van der Waals surface area (Å²) in [6.07, 6.45) is 11.0. The van der Waals surface area contributed by atoms with Gasteiger partial charge in [0.05, 0.1) is 0 Å². The smallest absolute Gasteiger partial charge is 0.133 e. The largest absolute Gasteiger partial charge is 0.321 e. The van der Waals surface area contributed by atoms with Gasteiger partial charge in [0, 0.05) is 26.1 Å². The Kier molecular flexibility index (Phi) is 5.17. The number of nitrogens with zero attached hydrogens (tertiary/aromatic N) is 3. The van der Waals surface area contributed by atoms with Crippen molar-refractivity contribution in [3.8, 4) is 0 Å². The predicted molar refractivity (Wildman–Crippen MR) is 73.4 cm³/mol. The molecule has 1 aliphatic carbocycles. The van der Waals surface area contributed by atoms with Crippen molar-refractivity contribution >= 4 is 0 Å². The summed E-state index contributed by atoms with van der Waals surface area (Å²) >= 11 is 0. The molecule has 0 amide bonds. The molecular weight excluding hydrogens is 224 g/mol. The molecule has 0 spiro atoms. The van der Waals surface area contributed by atoms with Crippen LogP contribution < -0.4 is 5.32 Å². The number of hydrogen-bond donors (Lipinski definition) is 1. The molecule has 18 heavy (non-hydrogen) atoms. The molecule has 1 saturated carbocycles. The molecule has 0 radical (unpaired) electrons. The molecule has 1 fully saturated rings. The van der Waals surface area contributed by atoms with E-state index < -0.39 is 0 Å². The minimum Gasteiger partial charge on any atom is -0.321 e. The first kappa shape index (κ1) is 13.5. The highest BCUT2D eigenvalue weighted by molar-refractivity contribution is 4.85. The molecule has 4 nitrogen and oxygen atoms in total. The van der Waals surface area contributed by atoms with Crippen LogP contribution in [-0.2, 0) is 13.5 Å². The van der Waals surface area contributed by atoms with E-state index in [0.717, 1.165) is 30.7 Å². The van der Waals surface area contributed by atoms with Gasteiger partial charge in [0.2, 0.25) is 0 Å². The van der Waals surface area contributed by atoms with E-state index in [1.54, 1.807) is 6.33 Å². The van der Waals surface area contributed by atoms with Gasteiger partial charge in [-0.15, -0.1) is 10.2 Å². The number of hydrogen-bond acceptors (Lipinski definition) is 3. The highest BCUT2D eigenvalue weighted by Gasteiger charge is 2.17. The molecule has 1 heterocycles. The Morgan fingerprint density at radius 2 is 2.22 bits per heavy atom. The number of aryl methyl sites for hydroxylation is 1. The Morgan fingerprint density at radius 3 is 2.94 bits per heavy atom. The van der Waals surface area contributed by atoms with E-state index in [1.165, 1.54) is 38.5 Å². The van der Waals surface area contributed by atoms with Gasteiger partial charge in [-0.1, -0.05) is 26.2 Å². The van der Waals surface area contributed by atoms with Crippen LogP contribution in [0.3, 0.4) is 0 Å². The average molecular weight is 250 g/mol. The minimum atomic E-state index is 0.717. The second-order valence-corrected chi connectivity index (χ2v) is 5.54. The van der Waals surface area contributed by atoms with Gasteiger partial charge in [-0.25, -0.2) is 0 Å². The summed E-state index contributed by atoms with van der Waals surface area (Å²) in [5, 5.41) is 11.7. The molecule has 0 saturated heterocycles. The van der Waals surface area contributed by atoms with Gasteiger partial charge in [-0.2, -0.15) is 0 Å². The van der Waals surface area contributed by atoms with Gasteiger partial charge in [0.25, 0.3) is 0 Å². The van der Waals surface area contributed by atoms with Crippen molar-refractivity contribution in [3.05, 3.63) is 12.2 Å². The summed E-state index contributed by atoms with van der Waals surface area (Å²) in [6, 6.07) is 0.717. The van der Waals surface area contributed by atoms with Gasteiger partial charge in [0.15, 0.2) is 0 Å². The van der Waals surface area contributed by atoms with Gasteiger partial charge in [-0.05, 0) is 25.2 Å². The molecule has 2 rings (SSSR count). The van der Waals surface area contributed by atoms with Crippen LogP contribution in [0.5, 0.6) is 0 Å². The third kappa shape index (κ3) is 3.80. The van der Waals surface area contributed by atoms with Crippen molar-refractivity contribution in [3.63, 3.8) is 0 Å². The van der Waals surface area contributed by atoms with Crippen LogP contribution in [0.15, 0.2) is 6.33 Å². The Balaban J connectivity index is 1.69. The second kappa shape index (κ2) is 6.88.